The molecule has 0 spiro atoms. The molecule has 0 saturated heterocycles. The van der Waals surface area contributed by atoms with Crippen LogP contribution in [0.15, 0.2) is 12.4 Å². The molecular formula is C6H5N2O2Sn. The van der Waals surface area contributed by atoms with Crippen LogP contribution < -0.4 is 3.71 Å². The van der Waals surface area contributed by atoms with E-state index < -0.39 is 5.97 Å². The fourth-order valence-corrected chi connectivity index (χ4v) is 0.906. The molecule has 3 radical (unpaired) electrons. The van der Waals surface area contributed by atoms with Gasteiger partial charge in [-0.15, -0.1) is 0 Å². The Bertz CT molecular complexity index is 260. The first-order valence-electron chi connectivity index (χ1n) is 2.86. The molecule has 0 aliphatic carbocycles. The molecule has 4 nitrogen and oxygen atoms in total. The van der Waals surface area contributed by atoms with E-state index >= 15 is 0 Å². The first kappa shape index (κ1) is 8.45. The number of ether oxygens (including phenoxy) is 1. The van der Waals surface area contributed by atoms with Crippen LogP contribution in [0.3, 0.4) is 0 Å². The molecule has 0 aliphatic rings. The first-order valence-corrected chi connectivity index (χ1v) is 4.28. The van der Waals surface area contributed by atoms with Crippen molar-refractivity contribution in [2.45, 2.75) is 0 Å². The zero-order chi connectivity index (χ0) is 8.27. The second kappa shape index (κ2) is 3.66. The minimum absolute atomic E-state index is 0.249. The van der Waals surface area contributed by atoms with Crippen molar-refractivity contribution in [3.8, 4) is 0 Å². The molecule has 1 aromatic heterocycles. The van der Waals surface area contributed by atoms with E-state index in [1.54, 1.807) is 6.20 Å². The van der Waals surface area contributed by atoms with E-state index in [0.29, 0.717) is 0 Å². The van der Waals surface area contributed by atoms with Gasteiger partial charge >= 0.3 is 76.9 Å². The van der Waals surface area contributed by atoms with Crippen LogP contribution in [-0.2, 0) is 4.74 Å². The van der Waals surface area contributed by atoms with Crippen molar-refractivity contribution in [3.63, 3.8) is 0 Å². The van der Waals surface area contributed by atoms with Crippen LogP contribution in [0.2, 0.25) is 0 Å². The second-order valence-corrected chi connectivity index (χ2v) is 3.24. The Labute approximate surface area is 77.1 Å². The van der Waals surface area contributed by atoms with Crippen LogP contribution in [-0.4, -0.2) is 45.6 Å². The summed E-state index contributed by atoms with van der Waals surface area (Å²) in [6, 6.07) is 0. The third kappa shape index (κ3) is 2.14. The zero-order valence-corrected chi connectivity index (χ0v) is 8.72. The summed E-state index contributed by atoms with van der Waals surface area (Å²) < 4.78 is 5.31. The van der Waals surface area contributed by atoms with Gasteiger partial charge in [-0.3, -0.25) is 0 Å². The maximum atomic E-state index is 10.8. The number of esters is 1. The van der Waals surface area contributed by atoms with Crippen molar-refractivity contribution >= 4 is 32.2 Å². The van der Waals surface area contributed by atoms with Crippen LogP contribution in [0.25, 0.3) is 0 Å². The SMILES string of the molecule is COC(=O)c1cn[c]([Sn])cn1. The zero-order valence-electron chi connectivity index (χ0n) is 5.87. The monoisotopic (exact) mass is 257 g/mol. The molecule has 1 heterocycles. The van der Waals surface area contributed by atoms with Crippen molar-refractivity contribution in [2.75, 3.05) is 7.11 Å². The van der Waals surface area contributed by atoms with E-state index in [-0.39, 0.29) is 5.69 Å². The Morgan fingerprint density at radius 1 is 1.55 bits per heavy atom. The average Bonchev–Trinajstić information content (AvgIpc) is 2.05. The van der Waals surface area contributed by atoms with Gasteiger partial charge in [-0.1, -0.05) is 0 Å². The summed E-state index contributed by atoms with van der Waals surface area (Å²) in [5, 5.41) is 0. The summed E-state index contributed by atoms with van der Waals surface area (Å²) in [5.74, 6) is -0.451. The van der Waals surface area contributed by atoms with Gasteiger partial charge in [-0.05, 0) is 0 Å². The summed E-state index contributed by atoms with van der Waals surface area (Å²) >= 11 is 1.18. The van der Waals surface area contributed by atoms with E-state index in [1.807, 2.05) is 0 Å². The Morgan fingerprint density at radius 2 is 2.27 bits per heavy atom. The third-order valence-electron chi connectivity index (χ3n) is 1.05. The van der Waals surface area contributed by atoms with Gasteiger partial charge in [0.1, 0.15) is 0 Å². The van der Waals surface area contributed by atoms with E-state index in [0.717, 1.165) is 3.71 Å². The Morgan fingerprint density at radius 3 is 2.73 bits per heavy atom. The summed E-state index contributed by atoms with van der Waals surface area (Å²) in [5.41, 5.74) is 0.249. The fourth-order valence-electron chi connectivity index (χ4n) is 0.538. The Kier molecular flexibility index (Phi) is 2.81. The number of carbonyl (C=O) groups excluding carboxylic acids is 1. The standard InChI is InChI=1S/C6H5N2O2.Sn/c1-10-6(9)5-4-7-2-3-8-5;/h3-4H,1H3;. The number of rotatable bonds is 1. The maximum absolute atomic E-state index is 10.8. The van der Waals surface area contributed by atoms with Gasteiger partial charge < -0.3 is 0 Å². The predicted molar refractivity (Wildman–Crippen MR) is 38.8 cm³/mol. The molecule has 0 saturated carbocycles. The Balaban J connectivity index is 2.90. The summed E-state index contributed by atoms with van der Waals surface area (Å²) in [7, 11) is 1.32. The van der Waals surface area contributed by atoms with Crippen LogP contribution >= 0.6 is 0 Å². The summed E-state index contributed by atoms with van der Waals surface area (Å²) in [4.78, 5) is 18.6. The Hall–Kier alpha value is -0.651. The molecule has 1 aromatic rings. The van der Waals surface area contributed by atoms with E-state index in [1.165, 1.54) is 35.8 Å². The molecule has 0 aromatic carbocycles. The molecule has 0 fully saturated rings. The summed E-state index contributed by atoms with van der Waals surface area (Å²) in [6.45, 7) is 0. The number of nitrogens with zero attached hydrogens (tertiary/aromatic N) is 2. The molecule has 11 heavy (non-hydrogen) atoms. The third-order valence-corrected chi connectivity index (χ3v) is 1.78. The van der Waals surface area contributed by atoms with Crippen molar-refractivity contribution in [3.05, 3.63) is 18.1 Å². The molecule has 0 aliphatic heterocycles. The van der Waals surface area contributed by atoms with Gasteiger partial charge in [-0.25, -0.2) is 0 Å². The molecule has 0 N–H and O–H groups in total. The van der Waals surface area contributed by atoms with Gasteiger partial charge in [0.05, 0.1) is 0 Å². The van der Waals surface area contributed by atoms with Gasteiger partial charge in [0.25, 0.3) is 0 Å². The van der Waals surface area contributed by atoms with Gasteiger partial charge in [0.15, 0.2) is 0 Å². The van der Waals surface area contributed by atoms with E-state index in [2.05, 4.69) is 14.7 Å². The van der Waals surface area contributed by atoms with Gasteiger partial charge in [0.2, 0.25) is 0 Å². The molecule has 0 bridgehead atoms. The molecule has 0 atom stereocenters. The van der Waals surface area contributed by atoms with Crippen LogP contribution in [0.5, 0.6) is 0 Å². The van der Waals surface area contributed by atoms with E-state index in [9.17, 15) is 4.79 Å². The van der Waals surface area contributed by atoms with E-state index in [4.69, 9.17) is 0 Å². The minimum atomic E-state index is -0.451. The first-order chi connectivity index (χ1) is 5.24. The van der Waals surface area contributed by atoms with Crippen molar-refractivity contribution in [1.29, 1.82) is 0 Å². The molecule has 0 unspecified atom stereocenters. The fraction of sp³-hybridized carbons (Fsp3) is 0.167. The average molecular weight is 256 g/mol. The molecule has 5 heteroatoms. The number of aromatic nitrogens is 2. The van der Waals surface area contributed by atoms with Crippen LogP contribution in [0, 0.1) is 0 Å². The molecule has 0 amide bonds. The van der Waals surface area contributed by atoms with Gasteiger partial charge in [-0.2, -0.15) is 0 Å². The quantitative estimate of drug-likeness (QED) is 0.480. The number of carbonyl (C=O) groups is 1. The summed E-state index contributed by atoms with van der Waals surface area (Å²) in [6.07, 6.45) is 2.97. The van der Waals surface area contributed by atoms with Gasteiger partial charge in [0, 0.05) is 0 Å². The number of hydrogen-bond donors (Lipinski definition) is 0. The predicted octanol–water partition coefficient (Wildman–Crippen LogP) is -0.943. The normalized spacial score (nSPS) is 9.27. The topological polar surface area (TPSA) is 52.1 Å². The molecular weight excluding hydrogens is 251 g/mol. The van der Waals surface area contributed by atoms with Crippen LogP contribution in [0.1, 0.15) is 10.5 Å². The molecule has 1 rings (SSSR count). The van der Waals surface area contributed by atoms with Crippen molar-refractivity contribution in [2.24, 2.45) is 0 Å². The number of hydrogen-bond acceptors (Lipinski definition) is 4. The van der Waals surface area contributed by atoms with Crippen molar-refractivity contribution < 1.29 is 9.53 Å². The van der Waals surface area contributed by atoms with Crippen LogP contribution in [0.4, 0.5) is 0 Å². The van der Waals surface area contributed by atoms with Crippen molar-refractivity contribution in [1.82, 2.24) is 9.97 Å². The molecule has 55 valence electrons. The number of methoxy groups -OCH3 is 1. The second-order valence-electron chi connectivity index (χ2n) is 1.78.